The molecular weight excluding hydrogens is 349 g/mol. The van der Waals surface area contributed by atoms with Crippen molar-refractivity contribution in [3.05, 3.63) is 64.1 Å². The van der Waals surface area contributed by atoms with Crippen LogP contribution in [-0.4, -0.2) is 25.2 Å². The Kier molecular flexibility index (Phi) is 5.28. The molecule has 1 aliphatic heterocycles. The highest BCUT2D eigenvalue weighted by molar-refractivity contribution is 6.35. The molecule has 0 fully saturated rings. The van der Waals surface area contributed by atoms with E-state index in [1.807, 2.05) is 24.3 Å². The van der Waals surface area contributed by atoms with E-state index in [1.54, 1.807) is 24.3 Å². The van der Waals surface area contributed by atoms with Gasteiger partial charge in [-0.05, 0) is 35.9 Å². The second kappa shape index (κ2) is 7.60. The molecule has 0 spiro atoms. The molecule has 0 aliphatic carbocycles. The SMILES string of the molecule is O=C(/C=C/c1ccc(Cl)cc1Cl)NC[C@@H]1COc2ccccc2O1. The molecule has 6 heteroatoms. The summed E-state index contributed by atoms with van der Waals surface area (Å²) in [6.07, 6.45) is 2.84. The van der Waals surface area contributed by atoms with E-state index in [4.69, 9.17) is 32.7 Å². The summed E-state index contributed by atoms with van der Waals surface area (Å²) >= 11 is 11.9. The Morgan fingerprint density at radius 1 is 1.21 bits per heavy atom. The zero-order chi connectivity index (χ0) is 16.9. The minimum absolute atomic E-state index is 0.226. The molecule has 0 saturated carbocycles. The first-order chi connectivity index (χ1) is 11.6. The number of ether oxygens (including phenoxy) is 2. The highest BCUT2D eigenvalue weighted by atomic mass is 35.5. The van der Waals surface area contributed by atoms with Gasteiger partial charge in [-0.15, -0.1) is 0 Å². The molecule has 1 heterocycles. The minimum atomic E-state index is -0.233. The summed E-state index contributed by atoms with van der Waals surface area (Å²) in [4.78, 5) is 11.9. The van der Waals surface area contributed by atoms with E-state index >= 15 is 0 Å². The monoisotopic (exact) mass is 363 g/mol. The smallest absolute Gasteiger partial charge is 0.244 e. The Bertz CT molecular complexity index is 777. The van der Waals surface area contributed by atoms with Crippen molar-refractivity contribution in [2.75, 3.05) is 13.2 Å². The topological polar surface area (TPSA) is 47.6 Å². The molecule has 24 heavy (non-hydrogen) atoms. The largest absolute Gasteiger partial charge is 0.486 e. The maximum absolute atomic E-state index is 11.9. The Balaban J connectivity index is 1.52. The van der Waals surface area contributed by atoms with Crippen LogP contribution in [0.3, 0.4) is 0 Å². The number of nitrogens with one attached hydrogen (secondary N) is 1. The summed E-state index contributed by atoms with van der Waals surface area (Å²) in [5.74, 6) is 1.17. The van der Waals surface area contributed by atoms with Gasteiger partial charge >= 0.3 is 0 Å². The summed E-state index contributed by atoms with van der Waals surface area (Å²) in [6, 6.07) is 12.6. The molecule has 1 N–H and O–H groups in total. The minimum Gasteiger partial charge on any atom is -0.486 e. The number of benzene rings is 2. The van der Waals surface area contributed by atoms with Crippen LogP contribution < -0.4 is 14.8 Å². The quantitative estimate of drug-likeness (QED) is 0.836. The molecule has 0 unspecified atom stereocenters. The van der Waals surface area contributed by atoms with Crippen molar-refractivity contribution in [3.63, 3.8) is 0 Å². The van der Waals surface area contributed by atoms with E-state index in [0.717, 1.165) is 11.3 Å². The predicted octanol–water partition coefficient (Wildman–Crippen LogP) is 3.96. The molecule has 2 aromatic carbocycles. The van der Waals surface area contributed by atoms with Crippen LogP contribution in [0.2, 0.25) is 10.0 Å². The van der Waals surface area contributed by atoms with Crippen LogP contribution >= 0.6 is 23.2 Å². The van der Waals surface area contributed by atoms with Crippen LogP contribution in [-0.2, 0) is 4.79 Å². The zero-order valence-corrected chi connectivity index (χ0v) is 14.2. The Morgan fingerprint density at radius 3 is 2.79 bits per heavy atom. The standard InChI is InChI=1S/C18H15Cl2NO3/c19-13-7-5-12(15(20)9-13)6-8-18(22)21-10-14-11-23-16-3-1-2-4-17(16)24-14/h1-9,14H,10-11H2,(H,21,22)/b8-6+/t14-/m1/s1. The van der Waals surface area contributed by atoms with Crippen LogP contribution in [0.15, 0.2) is 48.5 Å². The van der Waals surface area contributed by atoms with E-state index in [9.17, 15) is 4.79 Å². The lowest BCUT2D eigenvalue weighted by Crippen LogP contribution is -2.40. The molecule has 3 rings (SSSR count). The van der Waals surface area contributed by atoms with E-state index in [0.29, 0.717) is 28.9 Å². The average molecular weight is 364 g/mol. The highest BCUT2D eigenvalue weighted by Crippen LogP contribution is 2.30. The lowest BCUT2D eigenvalue weighted by Gasteiger charge is -2.26. The van der Waals surface area contributed by atoms with Gasteiger partial charge in [0, 0.05) is 16.1 Å². The lowest BCUT2D eigenvalue weighted by atomic mass is 10.2. The van der Waals surface area contributed by atoms with Crippen molar-refractivity contribution in [2.24, 2.45) is 0 Å². The number of hydrogen-bond donors (Lipinski definition) is 1. The molecule has 1 amide bonds. The second-order valence-electron chi connectivity index (χ2n) is 5.24. The van der Waals surface area contributed by atoms with E-state index < -0.39 is 0 Å². The molecule has 0 aromatic heterocycles. The first-order valence-electron chi connectivity index (χ1n) is 7.41. The summed E-state index contributed by atoms with van der Waals surface area (Å²) < 4.78 is 11.4. The van der Waals surface area contributed by atoms with Crippen molar-refractivity contribution in [1.82, 2.24) is 5.32 Å². The molecule has 124 valence electrons. The van der Waals surface area contributed by atoms with E-state index in [2.05, 4.69) is 5.32 Å². The van der Waals surface area contributed by atoms with Gasteiger partial charge in [-0.3, -0.25) is 4.79 Å². The summed E-state index contributed by atoms with van der Waals surface area (Å²) in [5, 5.41) is 3.83. The third kappa shape index (κ3) is 4.22. The summed E-state index contributed by atoms with van der Waals surface area (Å²) in [6.45, 7) is 0.746. The molecule has 0 radical (unpaired) electrons. The fourth-order valence-corrected chi connectivity index (χ4v) is 2.71. The Labute approximate surface area is 150 Å². The molecular formula is C18H15Cl2NO3. The van der Waals surface area contributed by atoms with Gasteiger partial charge in [-0.25, -0.2) is 0 Å². The maximum Gasteiger partial charge on any atom is 0.244 e. The first-order valence-corrected chi connectivity index (χ1v) is 8.17. The fraction of sp³-hybridized carbons (Fsp3) is 0.167. The Morgan fingerprint density at radius 2 is 2.00 bits per heavy atom. The van der Waals surface area contributed by atoms with Gasteiger partial charge in [0.25, 0.3) is 0 Å². The van der Waals surface area contributed by atoms with Crippen molar-refractivity contribution < 1.29 is 14.3 Å². The van der Waals surface area contributed by atoms with Crippen molar-refractivity contribution in [1.29, 1.82) is 0 Å². The first kappa shape index (κ1) is 16.7. The third-order valence-corrected chi connectivity index (χ3v) is 4.01. The number of halogens is 2. The number of carbonyl (C=O) groups is 1. The van der Waals surface area contributed by atoms with Crippen molar-refractivity contribution in [2.45, 2.75) is 6.10 Å². The fourth-order valence-electron chi connectivity index (χ4n) is 2.24. The number of hydrogen-bond acceptors (Lipinski definition) is 3. The summed E-state index contributed by atoms with van der Waals surface area (Å²) in [5.41, 5.74) is 0.724. The molecule has 1 aliphatic rings. The van der Waals surface area contributed by atoms with Gasteiger partial charge < -0.3 is 14.8 Å². The van der Waals surface area contributed by atoms with Gasteiger partial charge in [0.05, 0.1) is 6.54 Å². The zero-order valence-electron chi connectivity index (χ0n) is 12.7. The van der Waals surface area contributed by atoms with Gasteiger partial charge in [0.2, 0.25) is 5.91 Å². The predicted molar refractivity (Wildman–Crippen MR) is 94.9 cm³/mol. The summed E-state index contributed by atoms with van der Waals surface area (Å²) in [7, 11) is 0. The van der Waals surface area contributed by atoms with Crippen LogP contribution in [0, 0.1) is 0 Å². The van der Waals surface area contributed by atoms with Gasteiger partial charge in [-0.2, -0.15) is 0 Å². The van der Waals surface area contributed by atoms with Crippen LogP contribution in [0.25, 0.3) is 6.08 Å². The molecule has 4 nitrogen and oxygen atoms in total. The van der Waals surface area contributed by atoms with Crippen LogP contribution in [0.4, 0.5) is 0 Å². The number of fused-ring (bicyclic) bond motifs is 1. The molecule has 0 bridgehead atoms. The van der Waals surface area contributed by atoms with Gasteiger partial charge in [-0.1, -0.05) is 41.4 Å². The highest BCUT2D eigenvalue weighted by Gasteiger charge is 2.20. The van der Waals surface area contributed by atoms with Crippen LogP contribution in [0.5, 0.6) is 11.5 Å². The van der Waals surface area contributed by atoms with Crippen molar-refractivity contribution in [3.8, 4) is 11.5 Å². The molecule has 1 atom stereocenters. The van der Waals surface area contributed by atoms with Gasteiger partial charge in [0.15, 0.2) is 11.5 Å². The molecule has 0 saturated heterocycles. The van der Waals surface area contributed by atoms with E-state index in [-0.39, 0.29) is 12.0 Å². The number of amides is 1. The van der Waals surface area contributed by atoms with E-state index in [1.165, 1.54) is 6.08 Å². The normalized spacial score (nSPS) is 16.2. The maximum atomic E-state index is 11.9. The van der Waals surface area contributed by atoms with Crippen molar-refractivity contribution >= 4 is 35.2 Å². The molecule has 2 aromatic rings. The average Bonchev–Trinajstić information content (AvgIpc) is 2.59. The number of rotatable bonds is 4. The number of para-hydroxylation sites is 2. The second-order valence-corrected chi connectivity index (χ2v) is 6.09. The third-order valence-electron chi connectivity index (χ3n) is 3.45. The van der Waals surface area contributed by atoms with Crippen LogP contribution in [0.1, 0.15) is 5.56 Å². The number of carbonyl (C=O) groups excluding carboxylic acids is 1. The Hall–Kier alpha value is -2.17. The van der Waals surface area contributed by atoms with Gasteiger partial charge in [0.1, 0.15) is 12.7 Å². The lowest BCUT2D eigenvalue weighted by molar-refractivity contribution is -0.116.